The monoisotopic (exact) mass is 473 g/mol. The SMILES string of the molecule is COC(=O)c1c(C)[nH]c(C(=O)C(C)Nc2ccc(NS(=O)(=O)c3ccc(F)cc3)cc2)c1C. The van der Waals surface area contributed by atoms with Gasteiger partial charge in [0, 0.05) is 17.1 Å². The third kappa shape index (κ3) is 5.23. The van der Waals surface area contributed by atoms with Crippen LogP contribution in [0.25, 0.3) is 0 Å². The highest BCUT2D eigenvalue weighted by molar-refractivity contribution is 7.92. The lowest BCUT2D eigenvalue weighted by atomic mass is 10.0. The second-order valence-electron chi connectivity index (χ2n) is 7.48. The van der Waals surface area contributed by atoms with Crippen molar-refractivity contribution in [1.82, 2.24) is 4.98 Å². The van der Waals surface area contributed by atoms with E-state index in [-0.39, 0.29) is 10.7 Å². The van der Waals surface area contributed by atoms with Gasteiger partial charge in [-0.3, -0.25) is 9.52 Å². The molecule has 1 atom stereocenters. The van der Waals surface area contributed by atoms with Gasteiger partial charge in [-0.25, -0.2) is 17.6 Å². The zero-order valence-electron chi connectivity index (χ0n) is 18.5. The van der Waals surface area contributed by atoms with Crippen molar-refractivity contribution in [3.63, 3.8) is 0 Å². The molecule has 1 aromatic heterocycles. The van der Waals surface area contributed by atoms with Gasteiger partial charge in [-0.15, -0.1) is 0 Å². The van der Waals surface area contributed by atoms with Crippen molar-refractivity contribution < 1.29 is 27.1 Å². The van der Waals surface area contributed by atoms with E-state index < -0.39 is 27.9 Å². The molecule has 1 heterocycles. The molecule has 0 saturated carbocycles. The highest BCUT2D eigenvalue weighted by atomic mass is 32.2. The quantitative estimate of drug-likeness (QED) is 0.336. The van der Waals surface area contributed by atoms with E-state index in [0.717, 1.165) is 12.1 Å². The number of ether oxygens (including phenoxy) is 1. The van der Waals surface area contributed by atoms with Crippen molar-refractivity contribution >= 4 is 33.2 Å². The van der Waals surface area contributed by atoms with Gasteiger partial charge in [0.15, 0.2) is 0 Å². The third-order valence-electron chi connectivity index (χ3n) is 5.11. The molecule has 1 unspecified atom stereocenters. The van der Waals surface area contributed by atoms with Crippen molar-refractivity contribution in [2.45, 2.75) is 31.7 Å². The number of nitrogens with one attached hydrogen (secondary N) is 3. The number of rotatable bonds is 8. The third-order valence-corrected chi connectivity index (χ3v) is 6.51. The van der Waals surface area contributed by atoms with Crippen LogP contribution in [-0.4, -0.2) is 38.3 Å². The Morgan fingerprint density at radius 1 is 1.00 bits per heavy atom. The predicted octanol–water partition coefficient (Wildman–Crippen LogP) is 4.04. The summed E-state index contributed by atoms with van der Waals surface area (Å²) in [4.78, 5) is 27.8. The van der Waals surface area contributed by atoms with Crippen LogP contribution in [0.4, 0.5) is 15.8 Å². The van der Waals surface area contributed by atoms with Gasteiger partial charge in [0.1, 0.15) is 5.82 Å². The molecule has 0 fully saturated rings. The molecular formula is C23H24FN3O5S. The van der Waals surface area contributed by atoms with Gasteiger partial charge >= 0.3 is 5.97 Å². The minimum Gasteiger partial charge on any atom is -0.465 e. The maximum Gasteiger partial charge on any atom is 0.339 e. The fraction of sp³-hybridized carbons (Fsp3) is 0.217. The summed E-state index contributed by atoms with van der Waals surface area (Å²) < 4.78 is 45.1. The molecule has 0 aliphatic rings. The number of hydrogen-bond acceptors (Lipinski definition) is 6. The van der Waals surface area contributed by atoms with Crippen LogP contribution in [-0.2, 0) is 14.8 Å². The Balaban J connectivity index is 1.70. The Hall–Kier alpha value is -3.66. The van der Waals surface area contributed by atoms with E-state index in [0.29, 0.717) is 33.9 Å². The molecule has 3 N–H and O–H groups in total. The van der Waals surface area contributed by atoms with Crippen molar-refractivity contribution in [2.75, 3.05) is 17.1 Å². The fourth-order valence-electron chi connectivity index (χ4n) is 3.40. The molecule has 33 heavy (non-hydrogen) atoms. The lowest BCUT2D eigenvalue weighted by Crippen LogP contribution is -2.27. The maximum absolute atomic E-state index is 13.0. The predicted molar refractivity (Wildman–Crippen MR) is 123 cm³/mol. The lowest BCUT2D eigenvalue weighted by molar-refractivity contribution is 0.0599. The van der Waals surface area contributed by atoms with E-state index in [2.05, 4.69) is 15.0 Å². The molecule has 0 amide bonds. The number of benzene rings is 2. The number of sulfonamides is 1. The molecule has 0 aliphatic heterocycles. The van der Waals surface area contributed by atoms with Gasteiger partial charge in [-0.05, 0) is 74.9 Å². The Morgan fingerprint density at radius 2 is 1.58 bits per heavy atom. The summed E-state index contributed by atoms with van der Waals surface area (Å²) in [6.45, 7) is 5.05. The van der Waals surface area contributed by atoms with Gasteiger partial charge in [-0.2, -0.15) is 0 Å². The molecule has 174 valence electrons. The average molecular weight is 474 g/mol. The summed E-state index contributed by atoms with van der Waals surface area (Å²) in [5, 5.41) is 3.06. The molecule has 10 heteroatoms. The number of H-pyrrole nitrogens is 1. The van der Waals surface area contributed by atoms with E-state index in [1.807, 2.05) is 0 Å². The van der Waals surface area contributed by atoms with Crippen LogP contribution < -0.4 is 10.0 Å². The van der Waals surface area contributed by atoms with Gasteiger partial charge in [-0.1, -0.05) is 0 Å². The number of carbonyl (C=O) groups excluding carboxylic acids is 2. The zero-order valence-corrected chi connectivity index (χ0v) is 19.3. The normalized spacial score (nSPS) is 12.2. The number of aromatic amines is 1. The minimum atomic E-state index is -3.86. The van der Waals surface area contributed by atoms with E-state index in [9.17, 15) is 22.4 Å². The maximum atomic E-state index is 13.0. The first-order chi connectivity index (χ1) is 15.5. The summed E-state index contributed by atoms with van der Waals surface area (Å²) in [5.41, 5.74) is 2.62. The number of halogens is 1. The second-order valence-corrected chi connectivity index (χ2v) is 9.17. The molecule has 0 spiro atoms. The van der Waals surface area contributed by atoms with E-state index in [1.54, 1.807) is 45.0 Å². The highest BCUT2D eigenvalue weighted by Crippen LogP contribution is 2.22. The second kappa shape index (κ2) is 9.45. The number of esters is 1. The number of methoxy groups -OCH3 is 1. The van der Waals surface area contributed by atoms with E-state index in [4.69, 9.17) is 4.74 Å². The number of aryl methyl sites for hydroxylation is 1. The molecule has 8 nitrogen and oxygen atoms in total. The van der Waals surface area contributed by atoms with Gasteiger partial charge in [0.25, 0.3) is 10.0 Å². The van der Waals surface area contributed by atoms with Crippen LogP contribution in [0.2, 0.25) is 0 Å². The van der Waals surface area contributed by atoms with Gasteiger partial charge < -0.3 is 15.0 Å². The minimum absolute atomic E-state index is 0.0618. The van der Waals surface area contributed by atoms with Crippen LogP contribution in [0.3, 0.4) is 0 Å². The molecule has 0 saturated heterocycles. The lowest BCUT2D eigenvalue weighted by Gasteiger charge is -2.15. The number of anilines is 2. The Kier molecular flexibility index (Phi) is 6.87. The van der Waals surface area contributed by atoms with Gasteiger partial charge in [0.05, 0.1) is 29.3 Å². The first-order valence-corrected chi connectivity index (χ1v) is 11.5. The van der Waals surface area contributed by atoms with Crippen LogP contribution in [0, 0.1) is 19.7 Å². The number of hydrogen-bond donors (Lipinski definition) is 3. The molecule has 0 radical (unpaired) electrons. The molecule has 3 rings (SSSR count). The summed E-state index contributed by atoms with van der Waals surface area (Å²) in [5.74, 6) is -1.29. The van der Waals surface area contributed by atoms with E-state index >= 15 is 0 Å². The van der Waals surface area contributed by atoms with Crippen molar-refractivity contribution in [3.8, 4) is 0 Å². The van der Waals surface area contributed by atoms with Crippen molar-refractivity contribution in [1.29, 1.82) is 0 Å². The summed E-state index contributed by atoms with van der Waals surface area (Å²) in [6, 6.07) is 10.2. The molecule has 0 bridgehead atoms. The molecule has 0 aliphatic carbocycles. The Morgan fingerprint density at radius 3 is 2.15 bits per heavy atom. The molecular weight excluding hydrogens is 449 g/mol. The molecule has 2 aromatic carbocycles. The van der Waals surface area contributed by atoms with Crippen molar-refractivity contribution in [3.05, 3.63) is 76.9 Å². The number of aromatic nitrogens is 1. The highest BCUT2D eigenvalue weighted by Gasteiger charge is 2.25. The average Bonchev–Trinajstić information content (AvgIpc) is 3.08. The van der Waals surface area contributed by atoms with Crippen LogP contribution in [0.1, 0.15) is 39.0 Å². The smallest absolute Gasteiger partial charge is 0.339 e. The summed E-state index contributed by atoms with van der Waals surface area (Å²) >= 11 is 0. The topological polar surface area (TPSA) is 117 Å². The Bertz CT molecular complexity index is 1280. The number of carbonyl (C=O) groups is 2. The van der Waals surface area contributed by atoms with Crippen LogP contribution in [0.15, 0.2) is 53.4 Å². The first kappa shape index (κ1) is 24.0. The largest absolute Gasteiger partial charge is 0.465 e. The summed E-state index contributed by atoms with van der Waals surface area (Å²) in [6.07, 6.45) is 0. The number of ketones is 1. The summed E-state index contributed by atoms with van der Waals surface area (Å²) in [7, 11) is -2.58. The standard InChI is InChI=1S/C23H24FN3O5S/c1-13-20(23(29)32-4)14(2)26-21(13)22(28)15(3)25-17-7-9-18(10-8-17)27-33(30,31)19-11-5-16(24)6-12-19/h5-12,15,25-27H,1-4H3. The number of Topliss-reactive ketones (excluding diaryl/α,β-unsaturated/α-hetero) is 1. The molecule has 3 aromatic rings. The van der Waals surface area contributed by atoms with Crippen LogP contribution in [0.5, 0.6) is 0 Å². The van der Waals surface area contributed by atoms with Crippen molar-refractivity contribution in [2.24, 2.45) is 0 Å². The fourth-order valence-corrected chi connectivity index (χ4v) is 4.46. The Labute approximate surface area is 191 Å². The first-order valence-electron chi connectivity index (χ1n) is 10.00. The van der Waals surface area contributed by atoms with Gasteiger partial charge in [0.2, 0.25) is 5.78 Å². The van der Waals surface area contributed by atoms with E-state index in [1.165, 1.54) is 19.2 Å². The van der Waals surface area contributed by atoms with Crippen LogP contribution >= 0.6 is 0 Å². The zero-order chi connectivity index (χ0) is 24.3.